The van der Waals surface area contributed by atoms with E-state index in [0.29, 0.717) is 29.9 Å². The molecule has 0 saturated heterocycles. The van der Waals surface area contributed by atoms with Gasteiger partial charge in [-0.1, -0.05) is 30.3 Å². The smallest absolute Gasteiger partial charge is 0.268 e. The molecule has 5 nitrogen and oxygen atoms in total. The monoisotopic (exact) mass is 520 g/mol. The summed E-state index contributed by atoms with van der Waals surface area (Å²) in [6.45, 7) is 0.868. The SMILES string of the molecule is Cl.Cl.NCCCC(N)CNC(=O)c1[nH]c2ccc(-c3ccc(F)cc3)cc2c1-c1ccc(F)cc1. The second-order valence-corrected chi connectivity index (χ2v) is 8.05. The van der Waals surface area contributed by atoms with Crippen molar-refractivity contribution in [3.05, 3.63) is 84.1 Å². The van der Waals surface area contributed by atoms with E-state index in [1.54, 1.807) is 24.3 Å². The standard InChI is InChI=1S/C26H26F2N4O.2ClH/c27-19-8-3-16(4-9-19)18-7-12-23-22(14-18)24(17-5-10-20(28)11-6-17)25(32-23)26(33)31-15-21(30)2-1-13-29;;/h3-12,14,21,32H,1-2,13,15,29-30H2,(H,31,33);2*1H. The van der Waals surface area contributed by atoms with Gasteiger partial charge < -0.3 is 21.8 Å². The van der Waals surface area contributed by atoms with E-state index in [2.05, 4.69) is 10.3 Å². The molecule has 0 aliphatic carbocycles. The van der Waals surface area contributed by atoms with Crippen molar-refractivity contribution < 1.29 is 13.6 Å². The average molecular weight is 521 g/mol. The number of carbonyl (C=O) groups is 1. The normalized spacial score (nSPS) is 11.4. The zero-order chi connectivity index (χ0) is 23.4. The van der Waals surface area contributed by atoms with Crippen molar-refractivity contribution in [1.82, 2.24) is 10.3 Å². The molecule has 1 aromatic heterocycles. The van der Waals surface area contributed by atoms with Crippen molar-refractivity contribution in [2.24, 2.45) is 11.5 Å². The van der Waals surface area contributed by atoms with E-state index in [-0.39, 0.29) is 48.4 Å². The maximum atomic E-state index is 13.6. The molecule has 186 valence electrons. The molecule has 0 saturated carbocycles. The third-order valence-corrected chi connectivity index (χ3v) is 5.64. The molecule has 0 bridgehead atoms. The van der Waals surface area contributed by atoms with E-state index in [9.17, 15) is 13.6 Å². The second kappa shape index (κ2) is 12.7. The number of fused-ring (bicyclic) bond motifs is 1. The van der Waals surface area contributed by atoms with Gasteiger partial charge in [-0.2, -0.15) is 0 Å². The Morgan fingerprint density at radius 3 is 2.06 bits per heavy atom. The van der Waals surface area contributed by atoms with Gasteiger partial charge in [0, 0.05) is 29.1 Å². The van der Waals surface area contributed by atoms with Gasteiger partial charge in [-0.15, -0.1) is 24.8 Å². The molecule has 9 heteroatoms. The number of aromatic nitrogens is 1. The zero-order valence-electron chi connectivity index (χ0n) is 18.9. The largest absolute Gasteiger partial charge is 0.350 e. The summed E-state index contributed by atoms with van der Waals surface area (Å²) < 4.78 is 27.0. The molecule has 1 heterocycles. The number of halogens is 4. The van der Waals surface area contributed by atoms with E-state index in [1.165, 1.54) is 24.3 Å². The summed E-state index contributed by atoms with van der Waals surface area (Å²) in [6, 6.07) is 17.8. The summed E-state index contributed by atoms with van der Waals surface area (Å²) in [7, 11) is 0. The first-order valence-corrected chi connectivity index (χ1v) is 10.9. The highest BCUT2D eigenvalue weighted by Gasteiger charge is 2.20. The van der Waals surface area contributed by atoms with Crippen molar-refractivity contribution in [3.63, 3.8) is 0 Å². The summed E-state index contributed by atoms with van der Waals surface area (Å²) in [5.74, 6) is -0.961. The molecule has 1 atom stereocenters. The van der Waals surface area contributed by atoms with Crippen LogP contribution in [0, 0.1) is 11.6 Å². The molecule has 4 aromatic rings. The number of carbonyl (C=O) groups excluding carboxylic acids is 1. The van der Waals surface area contributed by atoms with Crippen LogP contribution in [0.5, 0.6) is 0 Å². The number of benzene rings is 3. The molecule has 0 aliphatic rings. The lowest BCUT2D eigenvalue weighted by molar-refractivity contribution is 0.0947. The average Bonchev–Trinajstić information content (AvgIpc) is 3.21. The first-order valence-electron chi connectivity index (χ1n) is 10.9. The molecule has 3 aromatic carbocycles. The van der Waals surface area contributed by atoms with Crippen molar-refractivity contribution in [3.8, 4) is 22.3 Å². The topological polar surface area (TPSA) is 96.9 Å². The summed E-state index contributed by atoms with van der Waals surface area (Å²) >= 11 is 0. The van der Waals surface area contributed by atoms with Crippen LogP contribution in [0.15, 0.2) is 66.7 Å². The lowest BCUT2D eigenvalue weighted by atomic mass is 9.98. The molecule has 0 spiro atoms. The number of hydrogen-bond donors (Lipinski definition) is 4. The number of aromatic amines is 1. The fourth-order valence-electron chi connectivity index (χ4n) is 3.89. The third-order valence-electron chi connectivity index (χ3n) is 5.64. The van der Waals surface area contributed by atoms with Gasteiger partial charge in [0.05, 0.1) is 0 Å². The van der Waals surface area contributed by atoms with E-state index < -0.39 is 0 Å². The first kappa shape index (κ1) is 28.3. The Morgan fingerprint density at radius 2 is 1.46 bits per heavy atom. The Kier molecular flexibility index (Phi) is 10.2. The Labute approximate surface area is 215 Å². The van der Waals surface area contributed by atoms with Crippen LogP contribution >= 0.6 is 24.8 Å². The predicted octanol–water partition coefficient (Wildman–Crippen LogP) is 5.42. The summed E-state index contributed by atoms with van der Waals surface area (Å²) in [5.41, 5.74) is 15.8. The fourth-order valence-corrected chi connectivity index (χ4v) is 3.89. The Morgan fingerprint density at radius 1 is 0.886 bits per heavy atom. The zero-order valence-corrected chi connectivity index (χ0v) is 20.5. The molecule has 0 fully saturated rings. The minimum atomic E-state index is -0.359. The molecule has 1 amide bonds. The van der Waals surface area contributed by atoms with Crippen molar-refractivity contribution in [2.75, 3.05) is 13.1 Å². The molecule has 4 rings (SSSR count). The minimum Gasteiger partial charge on any atom is -0.350 e. The minimum absolute atomic E-state index is 0. The van der Waals surface area contributed by atoms with Crippen molar-refractivity contribution in [1.29, 1.82) is 0 Å². The van der Waals surface area contributed by atoms with Gasteiger partial charge >= 0.3 is 0 Å². The van der Waals surface area contributed by atoms with Crippen molar-refractivity contribution in [2.45, 2.75) is 18.9 Å². The van der Waals surface area contributed by atoms with Gasteiger partial charge in [-0.25, -0.2) is 8.78 Å². The molecule has 35 heavy (non-hydrogen) atoms. The number of hydrogen-bond acceptors (Lipinski definition) is 3. The van der Waals surface area contributed by atoms with Crippen LogP contribution in [0.1, 0.15) is 23.3 Å². The molecule has 1 unspecified atom stereocenters. The van der Waals surface area contributed by atoms with Crippen LogP contribution in [0.2, 0.25) is 0 Å². The number of amides is 1. The van der Waals surface area contributed by atoms with Crippen LogP contribution in [0.3, 0.4) is 0 Å². The van der Waals surface area contributed by atoms with Crippen LogP contribution in [0.25, 0.3) is 33.2 Å². The molecule has 0 aliphatic heterocycles. The molecule has 0 radical (unpaired) electrons. The van der Waals surface area contributed by atoms with Gasteiger partial charge in [0.1, 0.15) is 17.3 Å². The Bertz CT molecular complexity index is 1260. The second-order valence-electron chi connectivity index (χ2n) is 8.05. The Balaban J connectivity index is 0.00000216. The molecular formula is C26H28Cl2F2N4O. The lowest BCUT2D eigenvalue weighted by Gasteiger charge is -2.12. The van der Waals surface area contributed by atoms with E-state index in [0.717, 1.165) is 34.9 Å². The van der Waals surface area contributed by atoms with Crippen molar-refractivity contribution >= 4 is 41.6 Å². The van der Waals surface area contributed by atoms with Gasteiger partial charge in [0.15, 0.2) is 0 Å². The maximum absolute atomic E-state index is 13.6. The van der Waals surface area contributed by atoms with Gasteiger partial charge in [-0.3, -0.25) is 4.79 Å². The first-order chi connectivity index (χ1) is 16.0. The summed E-state index contributed by atoms with van der Waals surface area (Å²) in [6.07, 6.45) is 1.51. The van der Waals surface area contributed by atoms with E-state index in [4.69, 9.17) is 11.5 Å². The maximum Gasteiger partial charge on any atom is 0.268 e. The number of nitrogens with two attached hydrogens (primary N) is 2. The van der Waals surface area contributed by atoms with E-state index in [1.807, 2.05) is 18.2 Å². The fraction of sp³-hybridized carbons (Fsp3) is 0.192. The number of H-pyrrole nitrogens is 1. The van der Waals surface area contributed by atoms with E-state index >= 15 is 0 Å². The summed E-state index contributed by atoms with van der Waals surface area (Å²) in [4.78, 5) is 16.3. The van der Waals surface area contributed by atoms with Crippen LogP contribution in [-0.2, 0) is 0 Å². The lowest BCUT2D eigenvalue weighted by Crippen LogP contribution is -2.37. The molecule has 6 N–H and O–H groups in total. The molecular weight excluding hydrogens is 493 g/mol. The van der Waals surface area contributed by atoms with Gasteiger partial charge in [-0.05, 0) is 72.5 Å². The Hall–Kier alpha value is -2.97. The highest BCUT2D eigenvalue weighted by atomic mass is 35.5. The van der Waals surface area contributed by atoms with Crippen LogP contribution in [0.4, 0.5) is 8.78 Å². The highest BCUT2D eigenvalue weighted by molar-refractivity contribution is 6.10. The summed E-state index contributed by atoms with van der Waals surface area (Å²) in [5, 5.41) is 3.70. The predicted molar refractivity (Wildman–Crippen MR) is 142 cm³/mol. The highest BCUT2D eigenvalue weighted by Crippen LogP contribution is 2.35. The quantitative estimate of drug-likeness (QED) is 0.249. The van der Waals surface area contributed by atoms with Crippen LogP contribution < -0.4 is 16.8 Å². The third kappa shape index (κ3) is 6.58. The number of nitrogens with one attached hydrogen (secondary N) is 2. The van der Waals surface area contributed by atoms with Gasteiger partial charge in [0.25, 0.3) is 5.91 Å². The number of rotatable bonds is 8. The van der Waals surface area contributed by atoms with Gasteiger partial charge in [0.2, 0.25) is 0 Å². The van der Waals surface area contributed by atoms with Crippen LogP contribution in [-0.4, -0.2) is 30.0 Å².